The molecule has 1 aromatic carbocycles. The highest BCUT2D eigenvalue weighted by atomic mass is 79.9. The van der Waals surface area contributed by atoms with Crippen LogP contribution in [-0.4, -0.2) is 36.4 Å². The number of hydrogen-bond acceptors (Lipinski definition) is 4. The molecule has 0 unspecified atom stereocenters. The molecule has 26 heavy (non-hydrogen) atoms. The predicted molar refractivity (Wildman–Crippen MR) is 102 cm³/mol. The Bertz CT molecular complexity index is 809. The van der Waals surface area contributed by atoms with Crippen molar-refractivity contribution in [3.63, 3.8) is 0 Å². The molecule has 1 N–H and O–H groups in total. The maximum atomic E-state index is 12.0. The number of benzene rings is 1. The molecule has 1 saturated heterocycles. The quantitative estimate of drug-likeness (QED) is 0.725. The summed E-state index contributed by atoms with van der Waals surface area (Å²) in [5.74, 6) is 0.811. The molecule has 1 fully saturated rings. The topological polar surface area (TPSA) is 71.8 Å². The number of halogens is 1. The molecule has 0 spiro atoms. The Kier molecular flexibility index (Phi) is 6.12. The molecule has 6 nitrogen and oxygen atoms in total. The first-order chi connectivity index (χ1) is 12.6. The van der Waals surface area contributed by atoms with E-state index in [9.17, 15) is 9.59 Å². The fraction of sp³-hybridized carbons (Fsp3) is 0.263. The third kappa shape index (κ3) is 5.23. The zero-order valence-electron chi connectivity index (χ0n) is 14.1. The number of furan rings is 1. The number of anilines is 1. The second-order valence-electron chi connectivity index (χ2n) is 5.87. The molecule has 0 saturated carbocycles. The van der Waals surface area contributed by atoms with Gasteiger partial charge < -0.3 is 19.4 Å². The Balaban J connectivity index is 1.52. The van der Waals surface area contributed by atoms with Gasteiger partial charge >= 0.3 is 0 Å². The van der Waals surface area contributed by atoms with Crippen molar-refractivity contribution in [3.8, 4) is 5.75 Å². The summed E-state index contributed by atoms with van der Waals surface area (Å²) in [6, 6.07) is 10.5. The lowest BCUT2D eigenvalue weighted by molar-refractivity contribution is -0.132. The number of hydrogen-bond donors (Lipinski definition) is 1. The SMILES string of the molecule is O=C(C=Cc1ccc(Br)o1)Nc1cccc(OCC(=O)N2CCCC2)c1. The Hall–Kier alpha value is -2.54. The molecular weight excluding hydrogens is 400 g/mol. The van der Waals surface area contributed by atoms with Gasteiger partial charge in [-0.05, 0) is 59.1 Å². The molecule has 1 aliphatic heterocycles. The van der Waals surface area contributed by atoms with Gasteiger partial charge in [0.2, 0.25) is 5.91 Å². The lowest BCUT2D eigenvalue weighted by Gasteiger charge is -2.15. The van der Waals surface area contributed by atoms with E-state index in [4.69, 9.17) is 9.15 Å². The van der Waals surface area contributed by atoms with Crippen LogP contribution < -0.4 is 10.1 Å². The van der Waals surface area contributed by atoms with Gasteiger partial charge in [0, 0.05) is 30.9 Å². The van der Waals surface area contributed by atoms with Crippen molar-refractivity contribution in [2.45, 2.75) is 12.8 Å². The Labute approximate surface area is 159 Å². The molecule has 1 aromatic heterocycles. The third-order valence-electron chi connectivity index (χ3n) is 3.92. The van der Waals surface area contributed by atoms with Crippen molar-refractivity contribution in [1.82, 2.24) is 4.90 Å². The number of amides is 2. The van der Waals surface area contributed by atoms with Gasteiger partial charge in [-0.15, -0.1) is 0 Å². The second-order valence-corrected chi connectivity index (χ2v) is 6.65. The van der Waals surface area contributed by atoms with Crippen molar-refractivity contribution in [1.29, 1.82) is 0 Å². The monoisotopic (exact) mass is 418 g/mol. The summed E-state index contributed by atoms with van der Waals surface area (Å²) in [5.41, 5.74) is 0.589. The standard InChI is InChI=1S/C19H19BrN2O4/c20-17-8-6-15(26-17)7-9-18(23)21-14-4-3-5-16(12-14)25-13-19(24)22-10-1-2-11-22/h3-9,12H,1-2,10-11,13H2,(H,21,23). The molecule has 136 valence electrons. The van der Waals surface area contributed by atoms with Gasteiger partial charge in [-0.2, -0.15) is 0 Å². The summed E-state index contributed by atoms with van der Waals surface area (Å²) in [6.07, 6.45) is 5.07. The van der Waals surface area contributed by atoms with Crippen LogP contribution in [-0.2, 0) is 9.59 Å². The minimum absolute atomic E-state index is 0.00464. The van der Waals surface area contributed by atoms with E-state index >= 15 is 0 Å². The van der Waals surface area contributed by atoms with E-state index in [0.717, 1.165) is 25.9 Å². The number of nitrogens with one attached hydrogen (secondary N) is 1. The van der Waals surface area contributed by atoms with Crippen molar-refractivity contribution in [3.05, 3.63) is 52.9 Å². The smallest absolute Gasteiger partial charge is 0.260 e. The Morgan fingerprint density at radius 2 is 2.04 bits per heavy atom. The number of ether oxygens (including phenoxy) is 1. The molecule has 0 atom stereocenters. The first-order valence-electron chi connectivity index (χ1n) is 8.35. The molecule has 2 amide bonds. The van der Waals surface area contributed by atoms with Crippen LogP contribution in [0.25, 0.3) is 6.08 Å². The van der Waals surface area contributed by atoms with Crippen LogP contribution in [0.3, 0.4) is 0 Å². The summed E-state index contributed by atoms with van der Waals surface area (Å²) < 4.78 is 11.5. The molecule has 7 heteroatoms. The Morgan fingerprint density at radius 3 is 2.77 bits per heavy atom. The van der Waals surface area contributed by atoms with Crippen molar-refractivity contribution >= 4 is 39.5 Å². The molecular formula is C19H19BrN2O4. The number of likely N-dealkylation sites (tertiary alicyclic amines) is 1. The highest BCUT2D eigenvalue weighted by molar-refractivity contribution is 9.10. The molecule has 3 rings (SSSR count). The first-order valence-corrected chi connectivity index (χ1v) is 9.14. The van der Waals surface area contributed by atoms with E-state index < -0.39 is 0 Å². The summed E-state index contributed by atoms with van der Waals surface area (Å²) >= 11 is 3.21. The van der Waals surface area contributed by atoms with Crippen molar-refractivity contribution in [2.75, 3.05) is 25.0 Å². The normalized spacial score (nSPS) is 14.0. The van der Waals surface area contributed by atoms with Crippen LogP contribution in [0.4, 0.5) is 5.69 Å². The largest absolute Gasteiger partial charge is 0.484 e. The zero-order chi connectivity index (χ0) is 18.4. The molecule has 1 aliphatic rings. The average Bonchev–Trinajstić information content (AvgIpc) is 3.30. The van der Waals surface area contributed by atoms with Crippen LogP contribution in [0.2, 0.25) is 0 Å². The number of carbonyl (C=O) groups is 2. The molecule has 0 radical (unpaired) electrons. The van der Waals surface area contributed by atoms with Crippen LogP contribution in [0, 0.1) is 0 Å². The first kappa shape index (κ1) is 18.3. The molecule has 2 heterocycles. The summed E-state index contributed by atoms with van der Waals surface area (Å²) in [4.78, 5) is 25.8. The fourth-order valence-corrected chi connectivity index (χ4v) is 2.95. The van der Waals surface area contributed by atoms with Crippen molar-refractivity contribution < 1.29 is 18.7 Å². The molecule has 0 bridgehead atoms. The molecule has 0 aliphatic carbocycles. The van der Waals surface area contributed by atoms with Gasteiger partial charge in [0.15, 0.2) is 11.3 Å². The van der Waals surface area contributed by atoms with E-state index in [1.54, 1.807) is 42.5 Å². The third-order valence-corrected chi connectivity index (χ3v) is 4.34. The van der Waals surface area contributed by atoms with E-state index in [0.29, 0.717) is 21.9 Å². The second kappa shape index (κ2) is 8.71. The van der Waals surface area contributed by atoms with Gasteiger partial charge in [0.1, 0.15) is 11.5 Å². The van der Waals surface area contributed by atoms with E-state index in [-0.39, 0.29) is 18.4 Å². The van der Waals surface area contributed by atoms with Gasteiger partial charge in [-0.25, -0.2) is 0 Å². The highest BCUT2D eigenvalue weighted by Crippen LogP contribution is 2.19. The minimum atomic E-state index is -0.289. The zero-order valence-corrected chi connectivity index (χ0v) is 15.7. The predicted octanol–water partition coefficient (Wildman–Crippen LogP) is 3.70. The van der Waals surface area contributed by atoms with Crippen LogP contribution in [0.1, 0.15) is 18.6 Å². The van der Waals surface area contributed by atoms with Crippen LogP contribution in [0.15, 0.2) is 51.6 Å². The summed E-state index contributed by atoms with van der Waals surface area (Å²) in [6.45, 7) is 1.61. The van der Waals surface area contributed by atoms with E-state index in [2.05, 4.69) is 21.2 Å². The minimum Gasteiger partial charge on any atom is -0.484 e. The number of carbonyl (C=O) groups excluding carboxylic acids is 2. The lowest BCUT2D eigenvalue weighted by Crippen LogP contribution is -2.32. The molecule has 2 aromatic rings. The van der Waals surface area contributed by atoms with Gasteiger partial charge in [-0.1, -0.05) is 6.07 Å². The van der Waals surface area contributed by atoms with Crippen LogP contribution >= 0.6 is 15.9 Å². The van der Waals surface area contributed by atoms with E-state index in [1.165, 1.54) is 6.08 Å². The fourth-order valence-electron chi connectivity index (χ4n) is 2.63. The van der Waals surface area contributed by atoms with Crippen LogP contribution in [0.5, 0.6) is 5.75 Å². The maximum Gasteiger partial charge on any atom is 0.260 e. The maximum absolute atomic E-state index is 12.0. The average molecular weight is 419 g/mol. The summed E-state index contributed by atoms with van der Waals surface area (Å²) in [5, 5.41) is 2.75. The Morgan fingerprint density at radius 1 is 1.23 bits per heavy atom. The number of rotatable bonds is 6. The van der Waals surface area contributed by atoms with E-state index in [1.807, 2.05) is 4.90 Å². The van der Waals surface area contributed by atoms with Gasteiger partial charge in [0.05, 0.1) is 0 Å². The van der Waals surface area contributed by atoms with Crippen molar-refractivity contribution in [2.24, 2.45) is 0 Å². The number of nitrogens with zero attached hydrogens (tertiary/aromatic N) is 1. The lowest BCUT2D eigenvalue weighted by atomic mass is 10.3. The highest BCUT2D eigenvalue weighted by Gasteiger charge is 2.18. The van der Waals surface area contributed by atoms with Gasteiger partial charge in [0.25, 0.3) is 5.91 Å². The van der Waals surface area contributed by atoms with Gasteiger partial charge in [-0.3, -0.25) is 9.59 Å². The summed E-state index contributed by atoms with van der Waals surface area (Å²) in [7, 11) is 0.